The average molecular weight is 287 g/mol. The van der Waals surface area contributed by atoms with Gasteiger partial charge >= 0.3 is 0 Å². The molecular weight excluding hydrogens is 270 g/mol. The van der Waals surface area contributed by atoms with Crippen LogP contribution in [0.4, 0.5) is 5.95 Å². The number of anilines is 1. The van der Waals surface area contributed by atoms with Crippen molar-refractivity contribution in [2.45, 2.75) is 38.1 Å². The van der Waals surface area contributed by atoms with Crippen molar-refractivity contribution in [2.75, 3.05) is 5.32 Å². The predicted octanol–water partition coefficient (Wildman–Crippen LogP) is 2.14. The van der Waals surface area contributed by atoms with Crippen molar-refractivity contribution in [1.82, 2.24) is 19.7 Å². The summed E-state index contributed by atoms with van der Waals surface area (Å²) < 4.78 is 1.83. The van der Waals surface area contributed by atoms with E-state index in [1.54, 1.807) is 6.33 Å². The zero-order valence-corrected chi connectivity index (χ0v) is 11.6. The Hall–Kier alpha value is -2.44. The standard InChI is InChI=1S/C14H17N5O2/c20-12-6-10(7-15-8-12)13(21)17-14-16-9-19(18-14)11-4-2-1-3-5-11/h6-9,11,20H,1-5H2,(H,17,18,21). The summed E-state index contributed by atoms with van der Waals surface area (Å²) in [4.78, 5) is 19.9. The van der Waals surface area contributed by atoms with Gasteiger partial charge in [-0.2, -0.15) is 0 Å². The third-order valence-electron chi connectivity index (χ3n) is 3.67. The van der Waals surface area contributed by atoms with Crippen LogP contribution >= 0.6 is 0 Å². The zero-order valence-electron chi connectivity index (χ0n) is 11.6. The number of nitrogens with zero attached hydrogens (tertiary/aromatic N) is 4. The molecule has 0 aliphatic heterocycles. The minimum absolute atomic E-state index is 0.0525. The lowest BCUT2D eigenvalue weighted by Crippen LogP contribution is -2.15. The Bertz CT molecular complexity index is 634. The second-order valence-electron chi connectivity index (χ2n) is 5.23. The van der Waals surface area contributed by atoms with Crippen LogP contribution in [0.15, 0.2) is 24.8 Å². The molecule has 2 heterocycles. The highest BCUT2D eigenvalue weighted by Crippen LogP contribution is 2.27. The highest BCUT2D eigenvalue weighted by molar-refractivity contribution is 6.03. The molecule has 0 unspecified atom stereocenters. The molecule has 2 aromatic heterocycles. The van der Waals surface area contributed by atoms with Crippen LogP contribution in [0.2, 0.25) is 0 Å². The predicted molar refractivity (Wildman–Crippen MR) is 76.0 cm³/mol. The molecule has 0 spiro atoms. The summed E-state index contributed by atoms with van der Waals surface area (Å²) in [5, 5.41) is 16.2. The first-order chi connectivity index (χ1) is 10.2. The molecule has 2 N–H and O–H groups in total. The number of hydrogen-bond donors (Lipinski definition) is 2. The molecule has 0 radical (unpaired) electrons. The van der Waals surface area contributed by atoms with Crippen LogP contribution in [-0.2, 0) is 0 Å². The van der Waals surface area contributed by atoms with E-state index in [0.29, 0.717) is 6.04 Å². The van der Waals surface area contributed by atoms with E-state index in [0.717, 1.165) is 12.8 Å². The molecule has 7 heteroatoms. The van der Waals surface area contributed by atoms with Crippen molar-refractivity contribution < 1.29 is 9.90 Å². The van der Waals surface area contributed by atoms with Crippen LogP contribution in [0.5, 0.6) is 5.75 Å². The molecule has 110 valence electrons. The Morgan fingerprint density at radius 1 is 1.29 bits per heavy atom. The lowest BCUT2D eigenvalue weighted by atomic mass is 9.96. The Morgan fingerprint density at radius 3 is 2.86 bits per heavy atom. The van der Waals surface area contributed by atoms with E-state index in [1.807, 2.05) is 4.68 Å². The molecule has 3 rings (SSSR count). The summed E-state index contributed by atoms with van der Waals surface area (Å²) in [6.45, 7) is 0. The van der Waals surface area contributed by atoms with Gasteiger partial charge < -0.3 is 5.11 Å². The van der Waals surface area contributed by atoms with Crippen LogP contribution in [0.1, 0.15) is 48.5 Å². The van der Waals surface area contributed by atoms with E-state index in [1.165, 1.54) is 37.7 Å². The highest BCUT2D eigenvalue weighted by Gasteiger charge is 2.17. The molecule has 0 saturated heterocycles. The van der Waals surface area contributed by atoms with Gasteiger partial charge in [0, 0.05) is 6.20 Å². The van der Waals surface area contributed by atoms with Crippen molar-refractivity contribution in [3.63, 3.8) is 0 Å². The summed E-state index contributed by atoms with van der Waals surface area (Å²) in [6.07, 6.45) is 10.2. The number of carbonyl (C=O) groups is 1. The lowest BCUT2D eigenvalue weighted by Gasteiger charge is -2.21. The monoisotopic (exact) mass is 287 g/mol. The maximum Gasteiger partial charge on any atom is 0.259 e. The Kier molecular flexibility index (Phi) is 3.81. The first-order valence-corrected chi connectivity index (χ1v) is 7.09. The largest absolute Gasteiger partial charge is 0.506 e. The molecule has 1 fully saturated rings. The molecule has 1 saturated carbocycles. The minimum Gasteiger partial charge on any atom is -0.506 e. The van der Waals surface area contributed by atoms with E-state index in [9.17, 15) is 9.90 Å². The van der Waals surface area contributed by atoms with Gasteiger partial charge in [0.1, 0.15) is 12.1 Å². The van der Waals surface area contributed by atoms with Gasteiger partial charge in [0.15, 0.2) is 0 Å². The second kappa shape index (κ2) is 5.90. The van der Waals surface area contributed by atoms with Crippen molar-refractivity contribution in [3.8, 4) is 5.75 Å². The summed E-state index contributed by atoms with van der Waals surface area (Å²) >= 11 is 0. The van der Waals surface area contributed by atoms with Crippen molar-refractivity contribution >= 4 is 11.9 Å². The molecule has 7 nitrogen and oxygen atoms in total. The normalized spacial score (nSPS) is 15.8. The zero-order chi connectivity index (χ0) is 14.7. The number of nitrogens with one attached hydrogen (secondary N) is 1. The molecule has 21 heavy (non-hydrogen) atoms. The molecule has 2 aromatic rings. The molecule has 0 aromatic carbocycles. The third-order valence-corrected chi connectivity index (χ3v) is 3.67. The quantitative estimate of drug-likeness (QED) is 0.902. The fraction of sp³-hybridized carbons (Fsp3) is 0.429. The summed E-state index contributed by atoms with van der Waals surface area (Å²) in [6, 6.07) is 1.72. The van der Waals surface area contributed by atoms with Gasteiger partial charge in [-0.05, 0) is 18.9 Å². The number of rotatable bonds is 3. The van der Waals surface area contributed by atoms with Gasteiger partial charge in [0.25, 0.3) is 5.91 Å². The van der Waals surface area contributed by atoms with Crippen LogP contribution in [-0.4, -0.2) is 30.8 Å². The van der Waals surface area contributed by atoms with Gasteiger partial charge in [-0.3, -0.25) is 15.1 Å². The van der Waals surface area contributed by atoms with E-state index in [2.05, 4.69) is 20.4 Å². The van der Waals surface area contributed by atoms with Crippen LogP contribution in [0.3, 0.4) is 0 Å². The number of aromatic nitrogens is 4. The number of amides is 1. The summed E-state index contributed by atoms with van der Waals surface area (Å²) in [5.74, 6) is -0.169. The van der Waals surface area contributed by atoms with Crippen molar-refractivity contribution in [2.24, 2.45) is 0 Å². The van der Waals surface area contributed by atoms with Crippen molar-refractivity contribution in [3.05, 3.63) is 30.4 Å². The average Bonchev–Trinajstić information content (AvgIpc) is 2.97. The number of pyridine rings is 1. The highest BCUT2D eigenvalue weighted by atomic mass is 16.3. The van der Waals surface area contributed by atoms with Crippen LogP contribution in [0.25, 0.3) is 0 Å². The SMILES string of the molecule is O=C(Nc1ncn(C2CCCCC2)n1)c1cncc(O)c1. The molecule has 1 aliphatic carbocycles. The maximum absolute atomic E-state index is 12.0. The van der Waals surface area contributed by atoms with Crippen LogP contribution in [0, 0.1) is 0 Å². The maximum atomic E-state index is 12.0. The smallest absolute Gasteiger partial charge is 0.259 e. The van der Waals surface area contributed by atoms with E-state index in [4.69, 9.17) is 0 Å². The Balaban J connectivity index is 1.68. The fourth-order valence-electron chi connectivity index (χ4n) is 2.58. The molecular formula is C14H17N5O2. The summed E-state index contributed by atoms with van der Waals surface area (Å²) in [7, 11) is 0. The number of carbonyl (C=O) groups excluding carboxylic acids is 1. The van der Waals surface area contributed by atoms with Gasteiger partial charge in [-0.1, -0.05) is 19.3 Å². The van der Waals surface area contributed by atoms with E-state index in [-0.39, 0.29) is 23.2 Å². The minimum atomic E-state index is -0.389. The van der Waals surface area contributed by atoms with Gasteiger partial charge in [-0.25, -0.2) is 9.67 Å². The fourth-order valence-corrected chi connectivity index (χ4v) is 2.58. The number of hydrogen-bond acceptors (Lipinski definition) is 5. The third kappa shape index (κ3) is 3.18. The second-order valence-corrected chi connectivity index (χ2v) is 5.23. The Labute approximate surface area is 122 Å². The van der Waals surface area contributed by atoms with Crippen LogP contribution < -0.4 is 5.32 Å². The van der Waals surface area contributed by atoms with E-state index < -0.39 is 0 Å². The lowest BCUT2D eigenvalue weighted by molar-refractivity contribution is 0.102. The van der Waals surface area contributed by atoms with Gasteiger partial charge in [-0.15, -0.1) is 5.10 Å². The number of aromatic hydroxyl groups is 1. The van der Waals surface area contributed by atoms with Gasteiger partial charge in [0.2, 0.25) is 5.95 Å². The summed E-state index contributed by atoms with van der Waals surface area (Å²) in [5.41, 5.74) is 0.268. The topological polar surface area (TPSA) is 92.9 Å². The van der Waals surface area contributed by atoms with E-state index >= 15 is 0 Å². The molecule has 1 amide bonds. The first-order valence-electron chi connectivity index (χ1n) is 7.09. The first kappa shape index (κ1) is 13.5. The molecule has 1 aliphatic rings. The molecule has 0 atom stereocenters. The van der Waals surface area contributed by atoms with Gasteiger partial charge in [0.05, 0.1) is 17.8 Å². The Morgan fingerprint density at radius 2 is 2.10 bits per heavy atom. The molecule has 0 bridgehead atoms. The van der Waals surface area contributed by atoms with Crippen molar-refractivity contribution in [1.29, 1.82) is 0 Å².